The second-order valence-corrected chi connectivity index (χ2v) is 6.13. The third-order valence-corrected chi connectivity index (χ3v) is 4.05. The molecule has 0 bridgehead atoms. The number of amides is 2. The second-order valence-electron chi connectivity index (χ2n) is 5.09. The van der Waals surface area contributed by atoms with E-state index in [1.165, 1.54) is 11.3 Å². The molecular formula is C13H15N7O3S. The molecule has 24 heavy (non-hydrogen) atoms. The topological polar surface area (TPSA) is 127 Å². The molecule has 0 radical (unpaired) electrons. The Kier molecular flexibility index (Phi) is 4.51. The Bertz CT molecular complexity index is 881. The smallest absolute Gasteiger partial charge is 0.245 e. The number of hydrogen-bond donors (Lipinski definition) is 2. The van der Waals surface area contributed by atoms with E-state index in [0.717, 1.165) is 5.01 Å². The van der Waals surface area contributed by atoms with E-state index in [1.807, 2.05) is 6.92 Å². The number of rotatable bonds is 6. The van der Waals surface area contributed by atoms with E-state index in [2.05, 4.69) is 31.1 Å². The van der Waals surface area contributed by atoms with Gasteiger partial charge in [-0.1, -0.05) is 16.5 Å². The van der Waals surface area contributed by atoms with Crippen LogP contribution in [0.25, 0.3) is 4.96 Å². The van der Waals surface area contributed by atoms with Crippen LogP contribution in [0.4, 0.5) is 5.82 Å². The Hall–Kier alpha value is -2.82. The first-order chi connectivity index (χ1) is 11.5. The summed E-state index contributed by atoms with van der Waals surface area (Å²) in [5.41, 5.74) is 0. The summed E-state index contributed by atoms with van der Waals surface area (Å²) in [5.74, 6) is 1.02. The fourth-order valence-corrected chi connectivity index (χ4v) is 2.83. The number of nitrogens with one attached hydrogen (secondary N) is 2. The zero-order chi connectivity index (χ0) is 17.1. The molecule has 10 nitrogen and oxygen atoms in total. The summed E-state index contributed by atoms with van der Waals surface area (Å²) in [4.78, 5) is 24.2. The molecule has 0 unspecified atom stereocenters. The Labute approximate surface area is 140 Å². The number of anilines is 1. The highest BCUT2D eigenvalue weighted by Gasteiger charge is 2.12. The Morgan fingerprint density at radius 3 is 2.83 bits per heavy atom. The van der Waals surface area contributed by atoms with E-state index in [-0.39, 0.29) is 24.8 Å². The Morgan fingerprint density at radius 2 is 2.12 bits per heavy atom. The lowest BCUT2D eigenvalue weighted by molar-refractivity contribution is -0.124. The van der Waals surface area contributed by atoms with E-state index in [9.17, 15) is 9.59 Å². The van der Waals surface area contributed by atoms with Crippen LogP contribution in [0.1, 0.15) is 23.0 Å². The van der Waals surface area contributed by atoms with Crippen molar-refractivity contribution in [2.75, 3.05) is 11.9 Å². The number of aromatic nitrogens is 5. The highest BCUT2D eigenvalue weighted by Crippen LogP contribution is 2.14. The van der Waals surface area contributed by atoms with E-state index in [4.69, 9.17) is 4.52 Å². The minimum Gasteiger partial charge on any atom is -0.360 e. The molecule has 0 saturated heterocycles. The van der Waals surface area contributed by atoms with Crippen LogP contribution in [0.15, 0.2) is 10.6 Å². The zero-order valence-corrected chi connectivity index (χ0v) is 13.9. The lowest BCUT2D eigenvalue weighted by Gasteiger charge is -2.04. The molecule has 0 aliphatic carbocycles. The molecule has 3 rings (SSSR count). The van der Waals surface area contributed by atoms with Crippen LogP contribution in [0.2, 0.25) is 0 Å². The average Bonchev–Trinajstić information content (AvgIpc) is 3.22. The fraction of sp³-hybridized carbons (Fsp3) is 0.385. The number of carbonyl (C=O) groups excluding carboxylic acids is 2. The number of carbonyl (C=O) groups is 2. The first kappa shape index (κ1) is 16.1. The van der Waals surface area contributed by atoms with Crippen molar-refractivity contribution in [3.8, 4) is 0 Å². The van der Waals surface area contributed by atoms with Gasteiger partial charge in [0.25, 0.3) is 0 Å². The highest BCUT2D eigenvalue weighted by atomic mass is 32.1. The number of fused-ring (bicyclic) bond motifs is 1. The van der Waals surface area contributed by atoms with Gasteiger partial charge in [-0.25, -0.2) is 0 Å². The van der Waals surface area contributed by atoms with Gasteiger partial charge in [0.1, 0.15) is 10.8 Å². The number of aryl methyl sites for hydroxylation is 3. The lowest BCUT2D eigenvalue weighted by atomic mass is 10.3. The Balaban J connectivity index is 1.42. The summed E-state index contributed by atoms with van der Waals surface area (Å²) < 4.78 is 6.48. The molecule has 11 heteroatoms. The van der Waals surface area contributed by atoms with Crippen LogP contribution in [-0.2, 0) is 16.0 Å². The maximum Gasteiger partial charge on any atom is 0.245 e. The third-order valence-electron chi connectivity index (χ3n) is 3.10. The molecule has 3 aromatic rings. The van der Waals surface area contributed by atoms with Crippen LogP contribution in [-0.4, -0.2) is 43.3 Å². The standard InChI is InChI=1S/C13H15N7O3S/c1-7-5-9(19-23-7)15-11(22)6-14-10(21)3-4-12-18-20-8(2)16-17-13(20)24-12/h5H,3-4,6H2,1-2H3,(H,14,21)(H,15,19,22). The van der Waals surface area contributed by atoms with E-state index in [0.29, 0.717) is 28.8 Å². The van der Waals surface area contributed by atoms with Gasteiger partial charge in [0, 0.05) is 18.9 Å². The zero-order valence-electron chi connectivity index (χ0n) is 13.1. The molecule has 0 aliphatic rings. The number of nitrogens with zero attached hydrogens (tertiary/aromatic N) is 5. The first-order valence-corrected chi connectivity index (χ1v) is 8.00. The van der Waals surface area contributed by atoms with Crippen LogP contribution >= 0.6 is 11.3 Å². The second kappa shape index (κ2) is 6.74. The van der Waals surface area contributed by atoms with Gasteiger partial charge < -0.3 is 15.2 Å². The van der Waals surface area contributed by atoms with Crippen molar-refractivity contribution >= 4 is 33.9 Å². The fourth-order valence-electron chi connectivity index (χ4n) is 1.96. The van der Waals surface area contributed by atoms with Gasteiger partial charge in [-0.3, -0.25) is 9.59 Å². The average molecular weight is 349 g/mol. The molecule has 0 saturated carbocycles. The van der Waals surface area contributed by atoms with Crippen molar-refractivity contribution in [1.29, 1.82) is 0 Å². The van der Waals surface area contributed by atoms with Crippen molar-refractivity contribution in [2.24, 2.45) is 0 Å². The lowest BCUT2D eigenvalue weighted by Crippen LogP contribution is -2.33. The van der Waals surface area contributed by atoms with Crippen LogP contribution in [0.3, 0.4) is 0 Å². The Morgan fingerprint density at radius 1 is 1.29 bits per heavy atom. The molecule has 3 heterocycles. The quantitative estimate of drug-likeness (QED) is 0.662. The molecule has 3 aromatic heterocycles. The summed E-state index contributed by atoms with van der Waals surface area (Å²) in [5, 5.41) is 21.7. The van der Waals surface area contributed by atoms with Crippen molar-refractivity contribution < 1.29 is 14.1 Å². The maximum atomic E-state index is 11.8. The largest absolute Gasteiger partial charge is 0.360 e. The summed E-state index contributed by atoms with van der Waals surface area (Å²) in [6.07, 6.45) is 0.711. The van der Waals surface area contributed by atoms with Crippen molar-refractivity contribution in [1.82, 2.24) is 30.3 Å². The summed E-state index contributed by atoms with van der Waals surface area (Å²) in [6.45, 7) is 3.40. The molecule has 0 aromatic carbocycles. The molecule has 2 N–H and O–H groups in total. The van der Waals surface area contributed by atoms with Gasteiger partial charge in [0.2, 0.25) is 16.8 Å². The predicted octanol–water partition coefficient (Wildman–Crippen LogP) is 0.478. The maximum absolute atomic E-state index is 11.8. The van der Waals surface area contributed by atoms with E-state index >= 15 is 0 Å². The monoisotopic (exact) mass is 349 g/mol. The van der Waals surface area contributed by atoms with Gasteiger partial charge in [-0.2, -0.15) is 9.61 Å². The summed E-state index contributed by atoms with van der Waals surface area (Å²) in [7, 11) is 0. The minimum absolute atomic E-state index is 0.130. The normalized spacial score (nSPS) is 10.9. The summed E-state index contributed by atoms with van der Waals surface area (Å²) in [6, 6.07) is 1.59. The van der Waals surface area contributed by atoms with E-state index in [1.54, 1.807) is 17.5 Å². The molecule has 0 spiro atoms. The van der Waals surface area contributed by atoms with Crippen molar-refractivity contribution in [3.05, 3.63) is 22.7 Å². The predicted molar refractivity (Wildman–Crippen MR) is 84.6 cm³/mol. The van der Waals surface area contributed by atoms with Gasteiger partial charge in [0.15, 0.2) is 11.6 Å². The third kappa shape index (κ3) is 3.74. The van der Waals surface area contributed by atoms with Gasteiger partial charge in [-0.15, -0.1) is 10.2 Å². The molecule has 126 valence electrons. The summed E-state index contributed by atoms with van der Waals surface area (Å²) >= 11 is 1.39. The number of hydrogen-bond acceptors (Lipinski definition) is 8. The van der Waals surface area contributed by atoms with Crippen LogP contribution < -0.4 is 10.6 Å². The molecule has 2 amide bonds. The van der Waals surface area contributed by atoms with E-state index < -0.39 is 0 Å². The van der Waals surface area contributed by atoms with Gasteiger partial charge in [0.05, 0.1) is 6.54 Å². The first-order valence-electron chi connectivity index (χ1n) is 7.19. The SMILES string of the molecule is Cc1cc(NC(=O)CNC(=O)CCc2nn3c(C)nnc3s2)no1. The van der Waals surface area contributed by atoms with Gasteiger partial charge in [-0.05, 0) is 13.8 Å². The molecular weight excluding hydrogens is 334 g/mol. The van der Waals surface area contributed by atoms with Crippen LogP contribution in [0, 0.1) is 13.8 Å². The van der Waals surface area contributed by atoms with Crippen LogP contribution in [0.5, 0.6) is 0 Å². The van der Waals surface area contributed by atoms with Gasteiger partial charge >= 0.3 is 0 Å². The minimum atomic E-state index is -0.369. The molecule has 0 fully saturated rings. The molecule has 0 atom stereocenters. The van der Waals surface area contributed by atoms with Crippen molar-refractivity contribution in [3.63, 3.8) is 0 Å². The highest BCUT2D eigenvalue weighted by molar-refractivity contribution is 7.16. The van der Waals surface area contributed by atoms with Crippen molar-refractivity contribution in [2.45, 2.75) is 26.7 Å². The molecule has 0 aliphatic heterocycles.